The topological polar surface area (TPSA) is 115 Å². The molecule has 1 aromatic heterocycles. The Morgan fingerprint density at radius 2 is 2.00 bits per heavy atom. The lowest BCUT2D eigenvalue weighted by atomic mass is 9.96. The van der Waals surface area contributed by atoms with Crippen molar-refractivity contribution in [1.29, 1.82) is 15.9 Å². The van der Waals surface area contributed by atoms with Gasteiger partial charge in [-0.15, -0.1) is 11.8 Å². The molecule has 8 heteroatoms. The van der Waals surface area contributed by atoms with Crippen LogP contribution in [-0.4, -0.2) is 43.3 Å². The maximum absolute atomic E-state index is 10.0. The van der Waals surface area contributed by atoms with Crippen molar-refractivity contribution in [3.8, 4) is 29.0 Å². The lowest BCUT2D eigenvalue weighted by Gasteiger charge is -2.16. The van der Waals surface area contributed by atoms with E-state index in [1.807, 2.05) is 24.3 Å². The molecule has 0 aliphatic heterocycles. The summed E-state index contributed by atoms with van der Waals surface area (Å²) >= 11 is 1.39. The molecule has 7 nitrogen and oxygen atoms in total. The Morgan fingerprint density at radius 1 is 1.27 bits per heavy atom. The molecule has 2 N–H and O–H groups in total. The number of methoxy groups -OCH3 is 1. The highest BCUT2D eigenvalue weighted by molar-refractivity contribution is 7.99. The molecule has 170 valence electrons. The smallest absolute Gasteiger partial charge is 0.146 e. The summed E-state index contributed by atoms with van der Waals surface area (Å²) in [4.78, 5) is 4.66. The largest absolute Gasteiger partial charge is 0.491 e. The van der Waals surface area contributed by atoms with Crippen molar-refractivity contribution in [3.63, 3.8) is 0 Å². The molecule has 0 atom stereocenters. The van der Waals surface area contributed by atoms with E-state index in [2.05, 4.69) is 29.0 Å². The van der Waals surface area contributed by atoms with E-state index in [4.69, 9.17) is 14.9 Å². The van der Waals surface area contributed by atoms with Crippen LogP contribution in [0.15, 0.2) is 53.6 Å². The minimum atomic E-state index is 0. The Hall–Kier alpha value is -3.59. The van der Waals surface area contributed by atoms with Gasteiger partial charge in [0.05, 0.1) is 12.2 Å². The van der Waals surface area contributed by atoms with E-state index < -0.39 is 0 Å². The molecule has 0 amide bonds. The summed E-state index contributed by atoms with van der Waals surface area (Å²) in [5.41, 5.74) is 2.82. The summed E-state index contributed by atoms with van der Waals surface area (Å²) in [5, 5.41) is 31.0. The molecule has 0 unspecified atom stereocenters. The Labute approximate surface area is 199 Å². The number of hydrogen-bond donors (Lipinski definition) is 2. The summed E-state index contributed by atoms with van der Waals surface area (Å²) in [6, 6.07) is 12.2. The van der Waals surface area contributed by atoms with Crippen LogP contribution in [0.2, 0.25) is 0 Å². The molecule has 1 aliphatic carbocycles. The van der Waals surface area contributed by atoms with E-state index in [9.17, 15) is 10.5 Å². The predicted octanol–water partition coefficient (Wildman–Crippen LogP) is 5.19. The van der Waals surface area contributed by atoms with Gasteiger partial charge in [-0.3, -0.25) is 0 Å². The molecule has 33 heavy (non-hydrogen) atoms. The van der Waals surface area contributed by atoms with Gasteiger partial charge in [0.15, 0.2) is 0 Å². The molecule has 0 spiro atoms. The second-order valence-electron chi connectivity index (χ2n) is 7.37. The average Bonchev–Trinajstić information content (AvgIpc) is 3.65. The van der Waals surface area contributed by atoms with Crippen molar-refractivity contribution in [2.75, 3.05) is 31.4 Å². The fraction of sp³-hybridized carbons (Fsp3) is 0.280. The lowest BCUT2D eigenvalue weighted by Crippen LogP contribution is -2.09. The number of nitriles is 2. The molecule has 0 radical (unpaired) electrons. The number of hydrogen-bond acceptors (Lipinski definition) is 8. The molecule has 0 saturated heterocycles. The third-order valence-electron chi connectivity index (χ3n) is 4.83. The second-order valence-corrected chi connectivity index (χ2v) is 8.34. The molecule has 1 fully saturated rings. The SMILES string of the molecule is C=C(/C=C\C=N)CSc1nc(NC2CC2)c(C#N)c(-c2ccc(OCCOC)cc2)c1C#N.[HH]. The second kappa shape index (κ2) is 11.9. The third-order valence-corrected chi connectivity index (χ3v) is 5.91. The third kappa shape index (κ3) is 6.45. The molecule has 2 aromatic rings. The zero-order valence-electron chi connectivity index (χ0n) is 18.4. The molecule has 1 saturated carbocycles. The molecular formula is C25H27N5O2S. The van der Waals surface area contributed by atoms with E-state index in [0.29, 0.717) is 58.3 Å². The van der Waals surface area contributed by atoms with Crippen LogP contribution in [-0.2, 0) is 4.74 Å². The number of ether oxygens (including phenoxy) is 2. The highest BCUT2D eigenvalue weighted by Crippen LogP contribution is 2.39. The standard InChI is InChI=1S/C25H25N5O2S.H2/c1-17(4-3-11-26)16-33-25-22(15-28)23(21(14-27)24(30-25)29-19-7-8-19)18-5-9-20(10-6-18)32-13-12-31-2;/h3-6,9-11,19,26H,1,7-8,12-13,16H2,2H3,(H,29,30);1H/b4-3-,26-11?;. The number of rotatable bonds is 12. The molecule has 1 heterocycles. The Balaban J connectivity index is 0.00000408. The van der Waals surface area contributed by atoms with Crippen LogP contribution in [0.3, 0.4) is 0 Å². The average molecular weight is 462 g/mol. The number of benzene rings is 1. The van der Waals surface area contributed by atoms with Gasteiger partial charge < -0.3 is 20.2 Å². The van der Waals surface area contributed by atoms with Gasteiger partial charge in [0.25, 0.3) is 0 Å². The van der Waals surface area contributed by atoms with Crippen molar-refractivity contribution in [2.24, 2.45) is 0 Å². The molecule has 1 aliphatic rings. The molecule has 0 bridgehead atoms. The monoisotopic (exact) mass is 461 g/mol. The fourth-order valence-corrected chi connectivity index (χ4v) is 3.92. The van der Waals surface area contributed by atoms with Crippen molar-refractivity contribution in [1.82, 2.24) is 4.98 Å². The van der Waals surface area contributed by atoms with Gasteiger partial charge in [0.2, 0.25) is 0 Å². The van der Waals surface area contributed by atoms with Gasteiger partial charge in [-0.1, -0.05) is 24.8 Å². The van der Waals surface area contributed by atoms with E-state index in [1.54, 1.807) is 19.3 Å². The predicted molar refractivity (Wildman–Crippen MR) is 133 cm³/mol. The molecule has 3 rings (SSSR count). The summed E-state index contributed by atoms with van der Waals surface area (Å²) in [6.45, 7) is 4.91. The number of nitrogens with zero attached hydrogens (tertiary/aromatic N) is 3. The summed E-state index contributed by atoms with van der Waals surface area (Å²) in [7, 11) is 1.62. The van der Waals surface area contributed by atoms with Crippen molar-refractivity contribution < 1.29 is 10.9 Å². The van der Waals surface area contributed by atoms with Gasteiger partial charge in [0, 0.05) is 32.1 Å². The van der Waals surface area contributed by atoms with Crippen LogP contribution in [0.1, 0.15) is 25.4 Å². The maximum Gasteiger partial charge on any atom is 0.146 e. The quantitative estimate of drug-likeness (QED) is 0.193. The maximum atomic E-state index is 10.0. The van der Waals surface area contributed by atoms with Gasteiger partial charge in [-0.25, -0.2) is 4.98 Å². The number of pyridine rings is 1. The minimum absolute atomic E-state index is 0. The number of allylic oxidation sites excluding steroid dienone is 2. The number of aromatic nitrogens is 1. The van der Waals surface area contributed by atoms with Gasteiger partial charge >= 0.3 is 0 Å². The summed E-state index contributed by atoms with van der Waals surface area (Å²) in [6.07, 6.45) is 6.60. The first-order chi connectivity index (χ1) is 16.1. The number of thioether (sulfide) groups is 1. The van der Waals surface area contributed by atoms with Crippen LogP contribution in [0.5, 0.6) is 5.75 Å². The van der Waals surface area contributed by atoms with Crippen LogP contribution in [0, 0.1) is 28.1 Å². The zero-order valence-corrected chi connectivity index (χ0v) is 19.2. The first-order valence-corrected chi connectivity index (χ1v) is 11.4. The van der Waals surface area contributed by atoms with Gasteiger partial charge in [-0.05, 0) is 42.2 Å². The van der Waals surface area contributed by atoms with Crippen molar-refractivity contribution in [2.45, 2.75) is 23.9 Å². The molecule has 1 aromatic carbocycles. The zero-order chi connectivity index (χ0) is 23.6. The number of nitrogens with one attached hydrogen (secondary N) is 2. The Bertz CT molecular complexity index is 1130. The van der Waals surface area contributed by atoms with E-state index in [1.165, 1.54) is 18.0 Å². The van der Waals surface area contributed by atoms with E-state index in [0.717, 1.165) is 24.0 Å². The van der Waals surface area contributed by atoms with Crippen LogP contribution < -0.4 is 10.1 Å². The first kappa shape index (κ1) is 24.1. The Morgan fingerprint density at radius 3 is 2.61 bits per heavy atom. The van der Waals surface area contributed by atoms with E-state index in [-0.39, 0.29) is 1.43 Å². The van der Waals surface area contributed by atoms with Gasteiger partial charge in [-0.2, -0.15) is 10.5 Å². The van der Waals surface area contributed by atoms with E-state index >= 15 is 0 Å². The normalized spacial score (nSPS) is 12.7. The first-order valence-electron chi connectivity index (χ1n) is 10.5. The summed E-state index contributed by atoms with van der Waals surface area (Å²) < 4.78 is 10.6. The van der Waals surface area contributed by atoms with Crippen molar-refractivity contribution in [3.05, 3.63) is 59.7 Å². The highest BCUT2D eigenvalue weighted by atomic mass is 32.2. The van der Waals surface area contributed by atoms with Gasteiger partial charge in [0.1, 0.15) is 40.9 Å². The van der Waals surface area contributed by atoms with Crippen LogP contribution in [0.25, 0.3) is 11.1 Å². The minimum Gasteiger partial charge on any atom is -0.491 e. The van der Waals surface area contributed by atoms with Crippen molar-refractivity contribution >= 4 is 23.8 Å². The molecular weight excluding hydrogens is 434 g/mol. The number of anilines is 1. The summed E-state index contributed by atoms with van der Waals surface area (Å²) in [5.74, 6) is 1.69. The lowest BCUT2D eigenvalue weighted by molar-refractivity contribution is 0.146. The highest BCUT2D eigenvalue weighted by Gasteiger charge is 2.27. The Kier molecular flexibility index (Phi) is 8.65. The van der Waals surface area contributed by atoms with Crippen LogP contribution in [0.4, 0.5) is 5.82 Å². The fourth-order valence-electron chi connectivity index (χ4n) is 3.05. The van der Waals surface area contributed by atoms with Crippen LogP contribution >= 0.6 is 11.8 Å².